The van der Waals surface area contributed by atoms with Crippen LogP contribution in [0.2, 0.25) is 10.3 Å². The van der Waals surface area contributed by atoms with E-state index < -0.39 is 17.3 Å². The Labute approximate surface area is 218 Å². The van der Waals surface area contributed by atoms with Gasteiger partial charge in [0.05, 0.1) is 39.3 Å². The maximum absolute atomic E-state index is 14.6. The summed E-state index contributed by atoms with van der Waals surface area (Å²) < 4.78 is 29.3. The number of rotatable bonds is 4. The van der Waals surface area contributed by atoms with Crippen molar-refractivity contribution in [3.63, 3.8) is 0 Å². The Hall–Kier alpha value is -2.96. The van der Waals surface area contributed by atoms with Crippen molar-refractivity contribution >= 4 is 23.2 Å². The second-order valence-electron chi connectivity index (χ2n) is 10.0. The van der Waals surface area contributed by atoms with Crippen molar-refractivity contribution in [3.05, 3.63) is 94.3 Å². The normalized spacial score (nSPS) is 16.6. The van der Waals surface area contributed by atoms with Gasteiger partial charge >= 0.3 is 0 Å². The van der Waals surface area contributed by atoms with Crippen LogP contribution >= 0.6 is 23.2 Å². The highest BCUT2D eigenvalue weighted by Gasteiger charge is 2.43. The zero-order valence-electron chi connectivity index (χ0n) is 19.9. The van der Waals surface area contributed by atoms with E-state index in [1.165, 1.54) is 0 Å². The fourth-order valence-corrected chi connectivity index (χ4v) is 5.18. The van der Waals surface area contributed by atoms with Crippen molar-refractivity contribution < 1.29 is 8.78 Å². The lowest BCUT2D eigenvalue weighted by Crippen LogP contribution is -2.37. The lowest BCUT2D eigenvalue weighted by Gasteiger charge is -2.43. The lowest BCUT2D eigenvalue weighted by atomic mass is 9.62. The van der Waals surface area contributed by atoms with Crippen molar-refractivity contribution in [1.82, 2.24) is 19.9 Å². The van der Waals surface area contributed by atoms with Crippen molar-refractivity contribution in [2.24, 2.45) is 5.41 Å². The molecule has 0 radical (unpaired) electrons. The smallest absolute Gasteiger partial charge is 0.223 e. The third kappa shape index (κ3) is 4.72. The Kier molecular flexibility index (Phi) is 6.52. The molecule has 0 N–H and O–H groups in total. The Bertz CT molecular complexity index is 1330. The first-order valence-electron chi connectivity index (χ1n) is 11.8. The second-order valence-corrected chi connectivity index (χ2v) is 10.8. The molecule has 4 heterocycles. The van der Waals surface area contributed by atoms with E-state index in [1.807, 2.05) is 24.3 Å². The molecular formula is C28H24Cl2F2N4. The molecule has 0 saturated heterocycles. The van der Waals surface area contributed by atoms with Crippen LogP contribution in [0.15, 0.2) is 60.7 Å². The zero-order chi connectivity index (χ0) is 25.5. The van der Waals surface area contributed by atoms with Crippen LogP contribution in [0.25, 0.3) is 22.5 Å². The molecular weight excluding hydrogens is 501 g/mol. The Morgan fingerprint density at radius 1 is 0.611 bits per heavy atom. The SMILES string of the molecule is CC1(C)CCC(c2cccc(-c3ccc(Cl)nc3F)n2)(c2cccc(-c3ccc(Cl)nc3F)n2)CC1. The fraction of sp³-hybridized carbons (Fsp3) is 0.286. The van der Waals surface area contributed by atoms with Gasteiger partial charge in [-0.15, -0.1) is 0 Å². The summed E-state index contributed by atoms with van der Waals surface area (Å²) in [6.07, 6.45) is 3.52. The minimum Gasteiger partial charge on any atom is -0.252 e. The van der Waals surface area contributed by atoms with Crippen LogP contribution in [-0.2, 0) is 5.41 Å². The molecule has 1 aliphatic carbocycles. The van der Waals surface area contributed by atoms with Gasteiger partial charge in [0.2, 0.25) is 11.9 Å². The second kappa shape index (κ2) is 9.49. The van der Waals surface area contributed by atoms with Gasteiger partial charge in [-0.05, 0) is 79.6 Å². The summed E-state index contributed by atoms with van der Waals surface area (Å²) in [7, 11) is 0. The summed E-state index contributed by atoms with van der Waals surface area (Å²) >= 11 is 11.7. The third-order valence-electron chi connectivity index (χ3n) is 7.12. The maximum atomic E-state index is 14.6. The van der Waals surface area contributed by atoms with Gasteiger partial charge in [0, 0.05) is 0 Å². The van der Waals surface area contributed by atoms with Gasteiger partial charge in [-0.3, -0.25) is 9.97 Å². The first-order valence-corrected chi connectivity index (χ1v) is 12.5. The molecule has 4 nitrogen and oxygen atoms in total. The molecule has 8 heteroatoms. The predicted octanol–water partition coefficient (Wildman–Crippen LogP) is 8.07. The number of halogens is 4. The molecule has 0 bridgehead atoms. The van der Waals surface area contributed by atoms with Crippen LogP contribution in [-0.4, -0.2) is 19.9 Å². The minimum absolute atomic E-state index is 0.0864. The van der Waals surface area contributed by atoms with Crippen molar-refractivity contribution in [1.29, 1.82) is 0 Å². The van der Waals surface area contributed by atoms with Gasteiger partial charge < -0.3 is 0 Å². The summed E-state index contributed by atoms with van der Waals surface area (Å²) in [6, 6.07) is 17.5. The zero-order valence-corrected chi connectivity index (χ0v) is 21.4. The van der Waals surface area contributed by atoms with Crippen LogP contribution in [0.3, 0.4) is 0 Å². The number of hydrogen-bond donors (Lipinski definition) is 0. The largest absolute Gasteiger partial charge is 0.252 e. The fourth-order valence-electron chi connectivity index (χ4n) is 4.91. The molecule has 0 atom stereocenters. The van der Waals surface area contributed by atoms with Crippen molar-refractivity contribution in [2.75, 3.05) is 0 Å². The van der Waals surface area contributed by atoms with Crippen molar-refractivity contribution in [3.8, 4) is 22.5 Å². The molecule has 36 heavy (non-hydrogen) atoms. The molecule has 0 aromatic carbocycles. The van der Waals surface area contributed by atoms with E-state index in [9.17, 15) is 8.78 Å². The van der Waals surface area contributed by atoms with Gasteiger partial charge in [-0.2, -0.15) is 8.78 Å². The van der Waals surface area contributed by atoms with Crippen LogP contribution in [0, 0.1) is 17.3 Å². The molecule has 0 spiro atoms. The molecule has 1 fully saturated rings. The first-order chi connectivity index (χ1) is 17.2. The van der Waals surface area contributed by atoms with Gasteiger partial charge in [0.25, 0.3) is 0 Å². The highest BCUT2D eigenvalue weighted by molar-refractivity contribution is 6.29. The number of aromatic nitrogens is 4. The highest BCUT2D eigenvalue weighted by atomic mass is 35.5. The lowest BCUT2D eigenvalue weighted by molar-refractivity contribution is 0.180. The van der Waals surface area contributed by atoms with Crippen molar-refractivity contribution in [2.45, 2.75) is 44.9 Å². The van der Waals surface area contributed by atoms with E-state index in [2.05, 4.69) is 23.8 Å². The average Bonchev–Trinajstić information content (AvgIpc) is 2.84. The van der Waals surface area contributed by atoms with Gasteiger partial charge in [-0.1, -0.05) is 49.2 Å². The van der Waals surface area contributed by atoms with Gasteiger partial charge in [-0.25, -0.2) is 9.97 Å². The summed E-state index contributed by atoms with van der Waals surface area (Å²) in [5.41, 5.74) is 2.76. The van der Waals surface area contributed by atoms with E-state index in [4.69, 9.17) is 33.2 Å². The van der Waals surface area contributed by atoms with E-state index in [-0.39, 0.29) is 26.8 Å². The average molecular weight is 525 g/mol. The number of hydrogen-bond acceptors (Lipinski definition) is 4. The van der Waals surface area contributed by atoms with E-state index in [0.717, 1.165) is 37.1 Å². The van der Waals surface area contributed by atoms with E-state index in [0.29, 0.717) is 11.4 Å². The standard InChI is InChI=1S/C28H24Cl2F2N4/c1-27(2)13-15-28(16-14-27,21-7-3-5-19(33-21)17-9-11-23(29)35-25(17)31)22-8-4-6-20(34-22)18-10-12-24(30)36-26(18)32/h3-12H,13-16H2,1-2H3. The van der Waals surface area contributed by atoms with Crippen LogP contribution in [0.5, 0.6) is 0 Å². The molecule has 0 amide bonds. The Morgan fingerprint density at radius 3 is 1.47 bits per heavy atom. The number of pyridine rings is 4. The molecule has 184 valence electrons. The van der Waals surface area contributed by atoms with Crippen LogP contribution in [0.4, 0.5) is 8.78 Å². The monoisotopic (exact) mass is 524 g/mol. The number of nitrogens with zero attached hydrogens (tertiary/aromatic N) is 4. The molecule has 1 aliphatic rings. The first kappa shape index (κ1) is 24.7. The van der Waals surface area contributed by atoms with Gasteiger partial charge in [0.15, 0.2) is 0 Å². The molecule has 5 rings (SSSR count). The molecule has 1 saturated carbocycles. The summed E-state index contributed by atoms with van der Waals surface area (Å²) in [6.45, 7) is 4.52. The summed E-state index contributed by atoms with van der Waals surface area (Å²) in [5.74, 6) is -1.34. The Morgan fingerprint density at radius 2 is 1.06 bits per heavy atom. The van der Waals surface area contributed by atoms with Crippen LogP contribution < -0.4 is 0 Å². The van der Waals surface area contributed by atoms with Gasteiger partial charge in [0.1, 0.15) is 10.3 Å². The highest BCUT2D eigenvalue weighted by Crippen LogP contribution is 2.50. The molecule has 0 unspecified atom stereocenters. The third-order valence-corrected chi connectivity index (χ3v) is 7.54. The minimum atomic E-state index is -0.670. The summed E-state index contributed by atoms with van der Waals surface area (Å²) in [4.78, 5) is 17.3. The van der Waals surface area contributed by atoms with E-state index >= 15 is 0 Å². The van der Waals surface area contributed by atoms with Crippen LogP contribution in [0.1, 0.15) is 50.9 Å². The van der Waals surface area contributed by atoms with E-state index in [1.54, 1.807) is 36.4 Å². The molecule has 4 aromatic rings. The summed E-state index contributed by atoms with van der Waals surface area (Å²) in [5, 5.41) is 0.173. The Balaban J connectivity index is 1.64. The molecule has 0 aliphatic heterocycles. The molecule has 4 aromatic heterocycles. The topological polar surface area (TPSA) is 51.6 Å². The maximum Gasteiger partial charge on any atom is 0.223 e. The predicted molar refractivity (Wildman–Crippen MR) is 138 cm³/mol. The quantitative estimate of drug-likeness (QED) is 0.253.